The summed E-state index contributed by atoms with van der Waals surface area (Å²) in [6.07, 6.45) is 6.53. The van der Waals surface area contributed by atoms with Crippen LogP contribution in [0.4, 0.5) is 10.2 Å². The highest BCUT2D eigenvalue weighted by Gasteiger charge is 2.33. The molecule has 2 unspecified atom stereocenters. The van der Waals surface area contributed by atoms with Gasteiger partial charge in [0.25, 0.3) is 5.91 Å². The van der Waals surface area contributed by atoms with Gasteiger partial charge in [0.15, 0.2) is 0 Å². The number of hydrogen-bond donors (Lipinski definition) is 1. The highest BCUT2D eigenvalue weighted by Crippen LogP contribution is 2.27. The van der Waals surface area contributed by atoms with Gasteiger partial charge in [-0.05, 0) is 49.1 Å². The Kier molecular flexibility index (Phi) is 5.94. The van der Waals surface area contributed by atoms with E-state index in [-0.39, 0.29) is 23.4 Å². The lowest BCUT2D eigenvalue weighted by Gasteiger charge is -2.40. The van der Waals surface area contributed by atoms with E-state index in [0.717, 1.165) is 12.8 Å². The van der Waals surface area contributed by atoms with Crippen molar-refractivity contribution in [1.29, 1.82) is 0 Å². The molecule has 0 bridgehead atoms. The third-order valence-corrected chi connectivity index (χ3v) is 5.64. The number of carbonyl (C=O) groups excluding carboxylic acids is 1. The van der Waals surface area contributed by atoms with Gasteiger partial charge in [0.1, 0.15) is 11.6 Å². The van der Waals surface area contributed by atoms with Gasteiger partial charge >= 0.3 is 0 Å². The Labute approximate surface area is 178 Å². The normalized spacial score (nSPS) is 19.0. The molecule has 156 valence electrons. The quantitative estimate of drug-likeness (QED) is 0.668. The van der Waals surface area contributed by atoms with Gasteiger partial charge in [0, 0.05) is 19.3 Å². The van der Waals surface area contributed by atoms with E-state index in [1.807, 2.05) is 4.90 Å². The first-order valence-electron chi connectivity index (χ1n) is 9.85. The molecule has 1 aliphatic heterocycles. The van der Waals surface area contributed by atoms with Crippen LogP contribution in [0.5, 0.6) is 0 Å². The Morgan fingerprint density at radius 2 is 2.07 bits per heavy atom. The van der Waals surface area contributed by atoms with Gasteiger partial charge in [-0.3, -0.25) is 4.79 Å². The van der Waals surface area contributed by atoms with Crippen LogP contribution >= 0.6 is 11.6 Å². The number of nitrogens with one attached hydrogen (secondary N) is 1. The Bertz CT molecular complexity index is 1010. The molecular formula is C21H22ClFN6O. The average Bonchev–Trinajstić information content (AvgIpc) is 3.28. The van der Waals surface area contributed by atoms with E-state index in [4.69, 9.17) is 11.6 Å². The Hall–Kier alpha value is -3.00. The van der Waals surface area contributed by atoms with Crippen molar-refractivity contribution in [2.24, 2.45) is 5.92 Å². The van der Waals surface area contributed by atoms with Crippen LogP contribution < -0.4 is 5.32 Å². The van der Waals surface area contributed by atoms with Crippen molar-refractivity contribution in [3.63, 3.8) is 0 Å². The molecule has 1 fully saturated rings. The molecule has 1 aliphatic rings. The zero-order valence-electron chi connectivity index (χ0n) is 16.5. The molecule has 0 saturated carbocycles. The second-order valence-electron chi connectivity index (χ2n) is 7.41. The number of halogens is 2. The molecule has 30 heavy (non-hydrogen) atoms. The van der Waals surface area contributed by atoms with Crippen LogP contribution in [0.2, 0.25) is 5.02 Å². The second-order valence-corrected chi connectivity index (χ2v) is 7.84. The summed E-state index contributed by atoms with van der Waals surface area (Å²) in [5, 5.41) is 12.1. The number of amides is 1. The fourth-order valence-electron chi connectivity index (χ4n) is 3.85. The first-order chi connectivity index (χ1) is 14.5. The third-order valence-electron chi connectivity index (χ3n) is 5.42. The first kappa shape index (κ1) is 20.3. The Morgan fingerprint density at radius 3 is 2.80 bits per heavy atom. The molecule has 1 N–H and O–H groups in total. The highest BCUT2D eigenvalue weighted by atomic mass is 35.5. The zero-order chi connectivity index (χ0) is 21.1. The fraction of sp³-hybridized carbons (Fsp3) is 0.333. The predicted octanol–water partition coefficient (Wildman–Crippen LogP) is 3.81. The molecule has 3 aromatic rings. The maximum Gasteiger partial charge on any atom is 0.256 e. The number of likely N-dealkylation sites (tertiary alicyclic amines) is 1. The molecule has 4 rings (SSSR count). The first-order valence-corrected chi connectivity index (χ1v) is 10.2. The lowest BCUT2D eigenvalue weighted by atomic mass is 9.90. The van der Waals surface area contributed by atoms with Crippen molar-refractivity contribution < 1.29 is 9.18 Å². The number of aromatic nitrogens is 4. The minimum Gasteiger partial charge on any atom is -0.368 e. The molecule has 3 heterocycles. The summed E-state index contributed by atoms with van der Waals surface area (Å²) in [5.41, 5.74) is 0.700. The van der Waals surface area contributed by atoms with Crippen LogP contribution in [-0.2, 0) is 0 Å². The lowest BCUT2D eigenvalue weighted by Crippen LogP contribution is -2.51. The molecule has 7 nitrogen and oxygen atoms in total. The highest BCUT2D eigenvalue weighted by molar-refractivity contribution is 6.30. The van der Waals surface area contributed by atoms with E-state index in [1.54, 1.807) is 18.3 Å². The number of pyridine rings is 1. The second kappa shape index (κ2) is 8.79. The summed E-state index contributed by atoms with van der Waals surface area (Å²) >= 11 is 5.90. The fourth-order valence-corrected chi connectivity index (χ4v) is 3.96. The van der Waals surface area contributed by atoms with E-state index in [0.29, 0.717) is 29.6 Å². The van der Waals surface area contributed by atoms with E-state index in [9.17, 15) is 9.18 Å². The molecule has 1 saturated heterocycles. The maximum absolute atomic E-state index is 14.0. The number of hydrogen-bond acceptors (Lipinski definition) is 5. The van der Waals surface area contributed by atoms with Crippen molar-refractivity contribution >= 4 is 23.3 Å². The van der Waals surface area contributed by atoms with Crippen LogP contribution in [0.15, 0.2) is 48.9 Å². The molecule has 2 atom stereocenters. The van der Waals surface area contributed by atoms with E-state index in [2.05, 4.69) is 27.4 Å². The Morgan fingerprint density at radius 1 is 1.27 bits per heavy atom. The van der Waals surface area contributed by atoms with Gasteiger partial charge in [-0.2, -0.15) is 15.0 Å². The van der Waals surface area contributed by atoms with E-state index in [1.165, 1.54) is 35.4 Å². The van der Waals surface area contributed by atoms with Crippen molar-refractivity contribution in [3.8, 4) is 5.69 Å². The van der Waals surface area contributed by atoms with Crippen molar-refractivity contribution in [3.05, 3.63) is 65.3 Å². The topological polar surface area (TPSA) is 75.9 Å². The summed E-state index contributed by atoms with van der Waals surface area (Å²) in [5.74, 6) is 0.266. The molecule has 0 aliphatic carbocycles. The number of nitrogens with zero attached hydrogens (tertiary/aromatic N) is 5. The van der Waals surface area contributed by atoms with E-state index < -0.39 is 5.82 Å². The number of piperidine rings is 1. The number of benzene rings is 1. The van der Waals surface area contributed by atoms with Gasteiger partial charge in [0.2, 0.25) is 0 Å². The van der Waals surface area contributed by atoms with Gasteiger partial charge in [-0.1, -0.05) is 18.5 Å². The van der Waals surface area contributed by atoms with Gasteiger partial charge in [-0.15, -0.1) is 0 Å². The van der Waals surface area contributed by atoms with Crippen LogP contribution in [0.1, 0.15) is 30.1 Å². The van der Waals surface area contributed by atoms with Gasteiger partial charge < -0.3 is 10.2 Å². The van der Waals surface area contributed by atoms with Crippen LogP contribution in [0.3, 0.4) is 0 Å². The van der Waals surface area contributed by atoms with Crippen LogP contribution in [0.25, 0.3) is 5.69 Å². The molecule has 1 amide bonds. The molecule has 0 radical (unpaired) electrons. The average molecular weight is 429 g/mol. The molecule has 1 aromatic carbocycles. The van der Waals surface area contributed by atoms with Crippen molar-refractivity contribution in [2.45, 2.75) is 25.8 Å². The van der Waals surface area contributed by atoms with Crippen LogP contribution in [-0.4, -0.2) is 49.9 Å². The smallest absolute Gasteiger partial charge is 0.256 e. The summed E-state index contributed by atoms with van der Waals surface area (Å²) < 4.78 is 14.0. The molecular weight excluding hydrogens is 407 g/mol. The number of rotatable bonds is 5. The monoisotopic (exact) mass is 428 g/mol. The van der Waals surface area contributed by atoms with Crippen LogP contribution in [0, 0.1) is 11.7 Å². The van der Waals surface area contributed by atoms with Gasteiger partial charge in [-0.25, -0.2) is 9.37 Å². The van der Waals surface area contributed by atoms with Crippen molar-refractivity contribution in [1.82, 2.24) is 24.9 Å². The third kappa shape index (κ3) is 4.28. The van der Waals surface area contributed by atoms with E-state index >= 15 is 0 Å². The summed E-state index contributed by atoms with van der Waals surface area (Å²) in [6, 6.07) is 7.59. The molecule has 0 spiro atoms. The standard InChI is InChI=1S/C21H22ClFN6O/c1-14-3-2-10-28(19(14)13-25-20-7-4-15(22)12-24-20)21(30)17-11-16(23)5-6-18(17)29-26-8-9-27-29/h4-9,11-12,14,19H,2-3,10,13H2,1H3,(H,24,25). The minimum atomic E-state index is -0.473. The summed E-state index contributed by atoms with van der Waals surface area (Å²) in [6.45, 7) is 3.26. The SMILES string of the molecule is CC1CCCN(C(=O)c2cc(F)ccc2-n2nccn2)C1CNc1ccc(Cl)cn1. The van der Waals surface area contributed by atoms with Gasteiger partial charge in [0.05, 0.1) is 34.7 Å². The summed E-state index contributed by atoms with van der Waals surface area (Å²) in [7, 11) is 0. The molecule has 9 heteroatoms. The minimum absolute atomic E-state index is 0.0644. The zero-order valence-corrected chi connectivity index (χ0v) is 17.3. The number of carbonyl (C=O) groups is 1. The summed E-state index contributed by atoms with van der Waals surface area (Å²) in [4.78, 5) is 20.9. The molecule has 2 aromatic heterocycles. The largest absolute Gasteiger partial charge is 0.368 e. The maximum atomic E-state index is 14.0. The lowest BCUT2D eigenvalue weighted by molar-refractivity contribution is 0.0539. The predicted molar refractivity (Wildman–Crippen MR) is 112 cm³/mol. The number of anilines is 1. The van der Waals surface area contributed by atoms with Crippen molar-refractivity contribution in [2.75, 3.05) is 18.4 Å². The Balaban J connectivity index is 1.60.